The van der Waals surface area contributed by atoms with Crippen LogP contribution < -0.4 is 11.1 Å². The van der Waals surface area contributed by atoms with Crippen molar-refractivity contribution in [3.05, 3.63) is 29.3 Å². The van der Waals surface area contributed by atoms with Crippen molar-refractivity contribution in [1.82, 2.24) is 0 Å². The Morgan fingerprint density at radius 3 is 2.94 bits per heavy atom. The lowest BCUT2D eigenvalue weighted by Crippen LogP contribution is -2.35. The molecule has 1 atom stereocenters. The fourth-order valence-electron chi connectivity index (χ4n) is 2.32. The van der Waals surface area contributed by atoms with Crippen LogP contribution in [0.3, 0.4) is 0 Å². The number of nitrogens with two attached hydrogens (primary N) is 1. The molecule has 0 saturated carbocycles. The maximum atomic E-state index is 8.69. The molecule has 0 amide bonds. The molecule has 1 aliphatic rings. The lowest BCUT2D eigenvalue weighted by Gasteiger charge is -2.17. The highest BCUT2D eigenvalue weighted by molar-refractivity contribution is 5.87. The summed E-state index contributed by atoms with van der Waals surface area (Å²) in [6, 6.07) is 6.30. The third-order valence-electron chi connectivity index (χ3n) is 3.32. The van der Waals surface area contributed by atoms with E-state index in [0.29, 0.717) is 0 Å². The first-order chi connectivity index (χ1) is 8.24. The number of anilines is 1. The summed E-state index contributed by atoms with van der Waals surface area (Å²) in [6.07, 6.45) is 4.38. The van der Waals surface area contributed by atoms with E-state index in [-0.39, 0.29) is 11.9 Å². The lowest BCUT2D eigenvalue weighted by atomic mass is 10.1. The van der Waals surface area contributed by atoms with E-state index in [0.717, 1.165) is 18.5 Å². The van der Waals surface area contributed by atoms with Crippen molar-refractivity contribution < 1.29 is 5.21 Å². The molecular formula is C13H19N3O. The van der Waals surface area contributed by atoms with Crippen LogP contribution in [0.5, 0.6) is 0 Å². The molecule has 4 nitrogen and oxygen atoms in total. The van der Waals surface area contributed by atoms with Crippen LogP contribution in [0.2, 0.25) is 0 Å². The molecule has 1 aromatic rings. The third kappa shape index (κ3) is 2.52. The number of rotatable bonds is 4. The molecule has 0 aromatic heterocycles. The second-order valence-electron chi connectivity index (χ2n) is 4.47. The maximum absolute atomic E-state index is 8.69. The topological polar surface area (TPSA) is 70.6 Å². The average molecular weight is 233 g/mol. The summed E-state index contributed by atoms with van der Waals surface area (Å²) in [5, 5.41) is 15.0. The fraction of sp³-hybridized carbons (Fsp3) is 0.462. The minimum absolute atomic E-state index is 0.112. The molecule has 0 heterocycles. The summed E-state index contributed by atoms with van der Waals surface area (Å²) in [7, 11) is 0. The van der Waals surface area contributed by atoms with E-state index < -0.39 is 0 Å². The molecule has 1 aromatic carbocycles. The Hall–Kier alpha value is -1.71. The van der Waals surface area contributed by atoms with Crippen LogP contribution in [0.15, 0.2) is 23.4 Å². The molecule has 0 radical (unpaired) electrons. The van der Waals surface area contributed by atoms with Gasteiger partial charge in [0.2, 0.25) is 0 Å². The number of fused-ring (bicyclic) bond motifs is 1. The summed E-state index contributed by atoms with van der Waals surface area (Å²) in [6.45, 7) is 2.00. The SMILES string of the molecule is CCC(Nc1ccc2c(c1)CCC2)C(N)=NO. The molecule has 0 bridgehead atoms. The summed E-state index contributed by atoms with van der Waals surface area (Å²) >= 11 is 0. The fourth-order valence-corrected chi connectivity index (χ4v) is 2.32. The first-order valence-corrected chi connectivity index (χ1v) is 6.10. The van der Waals surface area contributed by atoms with E-state index in [1.165, 1.54) is 24.0 Å². The summed E-state index contributed by atoms with van der Waals surface area (Å²) in [5.41, 5.74) is 9.54. The number of nitrogens with zero attached hydrogens (tertiary/aromatic N) is 1. The van der Waals surface area contributed by atoms with Crippen LogP contribution in [-0.2, 0) is 12.8 Å². The summed E-state index contributed by atoms with van der Waals surface area (Å²) in [5.74, 6) is 0.230. The van der Waals surface area contributed by atoms with Gasteiger partial charge in [0.25, 0.3) is 0 Å². The number of oxime groups is 1. The number of nitrogens with one attached hydrogen (secondary N) is 1. The number of hydrogen-bond donors (Lipinski definition) is 3. The van der Waals surface area contributed by atoms with Gasteiger partial charge >= 0.3 is 0 Å². The van der Waals surface area contributed by atoms with Crippen molar-refractivity contribution in [3.8, 4) is 0 Å². The summed E-state index contributed by atoms with van der Waals surface area (Å²) < 4.78 is 0. The Kier molecular flexibility index (Phi) is 3.52. The van der Waals surface area contributed by atoms with Crippen molar-refractivity contribution >= 4 is 11.5 Å². The Morgan fingerprint density at radius 1 is 1.47 bits per heavy atom. The zero-order valence-electron chi connectivity index (χ0n) is 10.1. The van der Waals surface area contributed by atoms with Crippen molar-refractivity contribution in [3.63, 3.8) is 0 Å². The number of amidine groups is 1. The van der Waals surface area contributed by atoms with Crippen LogP contribution in [-0.4, -0.2) is 17.1 Å². The predicted octanol–water partition coefficient (Wildman–Crippen LogP) is 2.11. The highest BCUT2D eigenvalue weighted by atomic mass is 16.4. The van der Waals surface area contributed by atoms with Crippen LogP contribution >= 0.6 is 0 Å². The zero-order chi connectivity index (χ0) is 12.3. The van der Waals surface area contributed by atoms with Gasteiger partial charge < -0.3 is 16.3 Å². The average Bonchev–Trinajstić information content (AvgIpc) is 2.82. The highest BCUT2D eigenvalue weighted by Gasteiger charge is 2.14. The molecule has 92 valence electrons. The predicted molar refractivity (Wildman–Crippen MR) is 69.6 cm³/mol. The molecule has 4 heteroatoms. The second-order valence-corrected chi connectivity index (χ2v) is 4.47. The van der Waals surface area contributed by atoms with Crippen molar-refractivity contribution in [2.45, 2.75) is 38.6 Å². The van der Waals surface area contributed by atoms with Gasteiger partial charge in [0.05, 0.1) is 6.04 Å². The van der Waals surface area contributed by atoms with Gasteiger partial charge in [-0.2, -0.15) is 0 Å². The first-order valence-electron chi connectivity index (χ1n) is 6.10. The molecule has 17 heavy (non-hydrogen) atoms. The molecule has 0 spiro atoms. The Morgan fingerprint density at radius 2 is 2.24 bits per heavy atom. The van der Waals surface area contributed by atoms with E-state index in [2.05, 4.69) is 28.7 Å². The Bertz CT molecular complexity index is 429. The highest BCUT2D eigenvalue weighted by Crippen LogP contribution is 2.25. The van der Waals surface area contributed by atoms with E-state index in [9.17, 15) is 0 Å². The number of hydrogen-bond acceptors (Lipinski definition) is 3. The van der Waals surface area contributed by atoms with Crippen molar-refractivity contribution in [2.75, 3.05) is 5.32 Å². The second kappa shape index (κ2) is 5.08. The van der Waals surface area contributed by atoms with Crippen LogP contribution in [0.1, 0.15) is 30.9 Å². The molecule has 4 N–H and O–H groups in total. The monoisotopic (exact) mass is 233 g/mol. The minimum Gasteiger partial charge on any atom is -0.409 e. The van der Waals surface area contributed by atoms with Crippen molar-refractivity contribution in [2.24, 2.45) is 10.9 Å². The largest absolute Gasteiger partial charge is 0.409 e. The van der Waals surface area contributed by atoms with E-state index in [1.807, 2.05) is 6.92 Å². The quantitative estimate of drug-likeness (QED) is 0.323. The van der Waals surface area contributed by atoms with Crippen LogP contribution in [0, 0.1) is 0 Å². The van der Waals surface area contributed by atoms with Gasteiger partial charge in [-0.05, 0) is 48.9 Å². The van der Waals surface area contributed by atoms with E-state index >= 15 is 0 Å². The summed E-state index contributed by atoms with van der Waals surface area (Å²) in [4.78, 5) is 0. The van der Waals surface area contributed by atoms with Crippen molar-refractivity contribution in [1.29, 1.82) is 0 Å². The Balaban J connectivity index is 2.13. The molecule has 1 aliphatic carbocycles. The molecule has 0 aliphatic heterocycles. The molecule has 0 fully saturated rings. The van der Waals surface area contributed by atoms with Gasteiger partial charge in [-0.1, -0.05) is 18.1 Å². The Labute approximate surface area is 102 Å². The van der Waals surface area contributed by atoms with Gasteiger partial charge in [-0.15, -0.1) is 0 Å². The smallest absolute Gasteiger partial charge is 0.161 e. The molecule has 2 rings (SSSR count). The minimum atomic E-state index is -0.112. The normalized spacial score (nSPS) is 16.6. The standard InChI is InChI=1S/C13H19N3O/c1-2-12(13(14)16-17)15-11-7-6-9-4-3-5-10(9)8-11/h6-8,12,15,17H,2-5H2,1H3,(H2,14,16). The van der Waals surface area contributed by atoms with Gasteiger partial charge in [0.1, 0.15) is 0 Å². The van der Waals surface area contributed by atoms with Gasteiger partial charge in [-0.25, -0.2) is 0 Å². The number of benzene rings is 1. The lowest BCUT2D eigenvalue weighted by molar-refractivity contribution is 0.316. The maximum Gasteiger partial charge on any atom is 0.161 e. The van der Waals surface area contributed by atoms with Gasteiger partial charge in [0.15, 0.2) is 5.84 Å². The third-order valence-corrected chi connectivity index (χ3v) is 3.32. The van der Waals surface area contributed by atoms with Gasteiger partial charge in [0, 0.05) is 5.69 Å². The van der Waals surface area contributed by atoms with Crippen LogP contribution in [0.4, 0.5) is 5.69 Å². The molecule has 1 unspecified atom stereocenters. The first kappa shape index (κ1) is 11.8. The molecule has 0 saturated heterocycles. The number of aryl methyl sites for hydroxylation is 2. The van der Waals surface area contributed by atoms with E-state index in [4.69, 9.17) is 10.9 Å². The van der Waals surface area contributed by atoms with Gasteiger partial charge in [-0.3, -0.25) is 0 Å². The molecular weight excluding hydrogens is 214 g/mol. The van der Waals surface area contributed by atoms with E-state index in [1.54, 1.807) is 0 Å². The zero-order valence-corrected chi connectivity index (χ0v) is 10.1. The van der Waals surface area contributed by atoms with Crippen LogP contribution in [0.25, 0.3) is 0 Å².